The standard InChI is InChI=1S/C12H12FN3O4/c1-7(2)12-14-11(15-20-12)6-19-8-3-4-10(16(17)18)9(13)5-8/h3-5,7H,6H2,1-2H3. The fourth-order valence-electron chi connectivity index (χ4n) is 1.43. The van der Waals surface area contributed by atoms with Crippen LogP contribution in [-0.2, 0) is 6.61 Å². The van der Waals surface area contributed by atoms with Crippen LogP contribution in [0.1, 0.15) is 31.5 Å². The van der Waals surface area contributed by atoms with Crippen molar-refractivity contribution in [2.24, 2.45) is 0 Å². The lowest BCUT2D eigenvalue weighted by atomic mass is 10.2. The van der Waals surface area contributed by atoms with Crippen LogP contribution >= 0.6 is 0 Å². The van der Waals surface area contributed by atoms with Crippen LogP contribution in [0.15, 0.2) is 22.7 Å². The lowest BCUT2D eigenvalue weighted by Gasteiger charge is -2.03. The SMILES string of the molecule is CC(C)c1nc(COc2ccc([N+](=O)[O-])c(F)c2)no1. The Kier molecular flexibility index (Phi) is 3.92. The second-order valence-electron chi connectivity index (χ2n) is 4.36. The van der Waals surface area contributed by atoms with Gasteiger partial charge < -0.3 is 9.26 Å². The Hall–Kier alpha value is -2.51. The highest BCUT2D eigenvalue weighted by molar-refractivity contribution is 5.37. The molecule has 0 atom stereocenters. The minimum absolute atomic E-state index is 0.00648. The fraction of sp³-hybridized carbons (Fsp3) is 0.333. The van der Waals surface area contributed by atoms with Crippen LogP contribution in [0, 0.1) is 15.9 Å². The molecule has 0 unspecified atom stereocenters. The maximum absolute atomic E-state index is 13.4. The van der Waals surface area contributed by atoms with E-state index in [-0.39, 0.29) is 18.3 Å². The van der Waals surface area contributed by atoms with Crippen molar-refractivity contribution in [3.05, 3.63) is 45.8 Å². The molecule has 0 spiro atoms. The van der Waals surface area contributed by atoms with Crippen molar-refractivity contribution < 1.29 is 18.6 Å². The molecule has 7 nitrogen and oxygen atoms in total. The summed E-state index contributed by atoms with van der Waals surface area (Å²) in [4.78, 5) is 13.8. The highest BCUT2D eigenvalue weighted by atomic mass is 19.1. The van der Waals surface area contributed by atoms with Crippen LogP contribution in [0.25, 0.3) is 0 Å². The molecule has 1 heterocycles. The quantitative estimate of drug-likeness (QED) is 0.618. The molecule has 0 radical (unpaired) electrons. The lowest BCUT2D eigenvalue weighted by Crippen LogP contribution is -1.99. The van der Waals surface area contributed by atoms with Gasteiger partial charge in [-0.05, 0) is 6.07 Å². The van der Waals surface area contributed by atoms with Crippen molar-refractivity contribution in [1.29, 1.82) is 0 Å². The Morgan fingerprint density at radius 1 is 1.50 bits per heavy atom. The topological polar surface area (TPSA) is 91.3 Å². The molecule has 0 fully saturated rings. The molecule has 106 valence electrons. The first kappa shape index (κ1) is 13.9. The van der Waals surface area contributed by atoms with Gasteiger partial charge in [0.15, 0.2) is 6.61 Å². The molecule has 2 rings (SSSR count). The van der Waals surface area contributed by atoms with Gasteiger partial charge in [0.25, 0.3) is 0 Å². The number of ether oxygens (including phenoxy) is 1. The van der Waals surface area contributed by atoms with Crippen LogP contribution in [0.2, 0.25) is 0 Å². The van der Waals surface area contributed by atoms with E-state index in [2.05, 4.69) is 10.1 Å². The zero-order valence-corrected chi connectivity index (χ0v) is 10.9. The smallest absolute Gasteiger partial charge is 0.305 e. The largest absolute Gasteiger partial charge is 0.485 e. The highest BCUT2D eigenvalue weighted by Crippen LogP contribution is 2.23. The van der Waals surface area contributed by atoms with Gasteiger partial charge in [0, 0.05) is 18.1 Å². The molecule has 0 N–H and O–H groups in total. The maximum atomic E-state index is 13.4. The molecular weight excluding hydrogens is 269 g/mol. The molecule has 1 aromatic heterocycles. The Balaban J connectivity index is 2.03. The normalized spacial score (nSPS) is 10.8. The Labute approximate surface area is 113 Å². The van der Waals surface area contributed by atoms with Crippen molar-refractivity contribution in [3.63, 3.8) is 0 Å². The van der Waals surface area contributed by atoms with E-state index in [1.165, 1.54) is 6.07 Å². The minimum atomic E-state index is -0.955. The maximum Gasteiger partial charge on any atom is 0.305 e. The van der Waals surface area contributed by atoms with Gasteiger partial charge >= 0.3 is 5.69 Å². The van der Waals surface area contributed by atoms with Gasteiger partial charge in [0.2, 0.25) is 17.5 Å². The molecule has 0 saturated carbocycles. The summed E-state index contributed by atoms with van der Waals surface area (Å²) >= 11 is 0. The van der Waals surface area contributed by atoms with Crippen molar-refractivity contribution in [1.82, 2.24) is 10.1 Å². The van der Waals surface area contributed by atoms with Crippen LogP contribution in [0.4, 0.5) is 10.1 Å². The molecule has 20 heavy (non-hydrogen) atoms. The third-order valence-corrected chi connectivity index (χ3v) is 2.46. The molecule has 1 aromatic carbocycles. The fourth-order valence-corrected chi connectivity index (χ4v) is 1.43. The third-order valence-electron chi connectivity index (χ3n) is 2.46. The van der Waals surface area contributed by atoms with Gasteiger partial charge in [-0.1, -0.05) is 19.0 Å². The average Bonchev–Trinajstić information content (AvgIpc) is 2.85. The molecular formula is C12H12FN3O4. The number of halogens is 1. The second-order valence-corrected chi connectivity index (χ2v) is 4.36. The third kappa shape index (κ3) is 3.08. The second kappa shape index (κ2) is 5.64. The predicted molar refractivity (Wildman–Crippen MR) is 65.8 cm³/mol. The van der Waals surface area contributed by atoms with E-state index in [4.69, 9.17) is 9.26 Å². The molecule has 8 heteroatoms. The van der Waals surface area contributed by atoms with Crippen molar-refractivity contribution in [2.75, 3.05) is 0 Å². The Morgan fingerprint density at radius 3 is 2.80 bits per heavy atom. The van der Waals surface area contributed by atoms with Gasteiger partial charge in [0.1, 0.15) is 5.75 Å². The summed E-state index contributed by atoms with van der Waals surface area (Å²) in [6, 6.07) is 3.30. The van der Waals surface area contributed by atoms with E-state index < -0.39 is 16.4 Å². The predicted octanol–water partition coefficient (Wildman–Crippen LogP) is 2.82. The van der Waals surface area contributed by atoms with E-state index in [0.717, 1.165) is 12.1 Å². The summed E-state index contributed by atoms with van der Waals surface area (Å²) in [5.41, 5.74) is -0.598. The number of aromatic nitrogens is 2. The van der Waals surface area contributed by atoms with E-state index in [1.807, 2.05) is 13.8 Å². The van der Waals surface area contributed by atoms with Gasteiger partial charge in [-0.25, -0.2) is 0 Å². The highest BCUT2D eigenvalue weighted by Gasteiger charge is 2.15. The summed E-state index contributed by atoms with van der Waals surface area (Å²) in [6.07, 6.45) is 0. The van der Waals surface area contributed by atoms with Crippen molar-refractivity contribution >= 4 is 5.69 Å². The lowest BCUT2D eigenvalue weighted by molar-refractivity contribution is -0.387. The number of hydrogen-bond acceptors (Lipinski definition) is 6. The molecule has 0 aliphatic carbocycles. The summed E-state index contributed by atoms with van der Waals surface area (Å²) in [6.45, 7) is 3.81. The number of hydrogen-bond donors (Lipinski definition) is 0. The number of benzene rings is 1. The van der Waals surface area contributed by atoms with E-state index in [9.17, 15) is 14.5 Å². The van der Waals surface area contributed by atoms with Crippen molar-refractivity contribution in [3.8, 4) is 5.75 Å². The average molecular weight is 281 g/mol. The van der Waals surface area contributed by atoms with Crippen LogP contribution in [0.3, 0.4) is 0 Å². The number of nitro groups is 1. The van der Waals surface area contributed by atoms with E-state index in [1.54, 1.807) is 0 Å². The Bertz CT molecular complexity index is 627. The minimum Gasteiger partial charge on any atom is -0.485 e. The first-order chi connectivity index (χ1) is 9.47. The zero-order valence-electron chi connectivity index (χ0n) is 10.9. The Morgan fingerprint density at radius 2 is 2.25 bits per heavy atom. The molecule has 0 saturated heterocycles. The number of nitrogens with zero attached hydrogens (tertiary/aromatic N) is 3. The van der Waals surface area contributed by atoms with Gasteiger partial charge in [0.05, 0.1) is 4.92 Å². The van der Waals surface area contributed by atoms with Gasteiger partial charge in [-0.2, -0.15) is 9.37 Å². The summed E-state index contributed by atoms with van der Waals surface area (Å²) in [7, 11) is 0. The van der Waals surface area contributed by atoms with Gasteiger partial charge in [-0.3, -0.25) is 10.1 Å². The summed E-state index contributed by atoms with van der Waals surface area (Å²) < 4.78 is 23.6. The molecule has 0 aliphatic rings. The van der Waals surface area contributed by atoms with Crippen molar-refractivity contribution in [2.45, 2.75) is 26.4 Å². The van der Waals surface area contributed by atoms with Crippen LogP contribution < -0.4 is 4.74 Å². The zero-order chi connectivity index (χ0) is 14.7. The molecule has 0 amide bonds. The molecule has 0 aliphatic heterocycles. The monoisotopic (exact) mass is 281 g/mol. The van der Waals surface area contributed by atoms with Crippen LogP contribution in [-0.4, -0.2) is 15.1 Å². The first-order valence-electron chi connectivity index (χ1n) is 5.86. The van der Waals surface area contributed by atoms with E-state index >= 15 is 0 Å². The summed E-state index contributed by atoms with van der Waals surface area (Å²) in [5, 5.41) is 14.2. The summed E-state index contributed by atoms with van der Waals surface area (Å²) in [5.74, 6) is 0.117. The van der Waals surface area contributed by atoms with E-state index in [0.29, 0.717) is 11.7 Å². The molecule has 2 aromatic rings. The first-order valence-corrected chi connectivity index (χ1v) is 5.86. The number of rotatable bonds is 5. The van der Waals surface area contributed by atoms with Crippen LogP contribution in [0.5, 0.6) is 5.75 Å². The van der Waals surface area contributed by atoms with Gasteiger partial charge in [-0.15, -0.1) is 0 Å². The molecule has 0 bridgehead atoms. The number of nitro benzene ring substituents is 1.